The summed E-state index contributed by atoms with van der Waals surface area (Å²) in [6.45, 7) is 0. The number of carbonyl (C=O) groups excluding carboxylic acids is 1. The first kappa shape index (κ1) is 17.0. The summed E-state index contributed by atoms with van der Waals surface area (Å²) in [5, 5.41) is 8.05. The molecule has 0 atom stereocenters. The van der Waals surface area contributed by atoms with Crippen LogP contribution < -0.4 is 9.47 Å². The van der Waals surface area contributed by atoms with Crippen LogP contribution in [-0.4, -0.2) is 29.5 Å². The van der Waals surface area contributed by atoms with Crippen LogP contribution in [0, 0.1) is 0 Å². The van der Waals surface area contributed by atoms with E-state index in [2.05, 4.69) is 10.2 Å². The number of methoxy groups -OCH3 is 2. The number of hydrogen-bond acceptors (Lipinski definition) is 7. The fraction of sp³-hybridized carbons (Fsp3) is 0.167. The number of nitrogens with zero attached hydrogens (tertiary/aromatic N) is 2. The van der Waals surface area contributed by atoms with Crippen molar-refractivity contribution in [3.63, 3.8) is 0 Å². The van der Waals surface area contributed by atoms with Gasteiger partial charge in [-0.05, 0) is 42.0 Å². The van der Waals surface area contributed by atoms with Crippen molar-refractivity contribution in [2.24, 2.45) is 0 Å². The fourth-order valence-electron chi connectivity index (χ4n) is 2.14. The second-order valence-electron chi connectivity index (χ2n) is 5.10. The van der Waals surface area contributed by atoms with E-state index in [4.69, 9.17) is 13.9 Å². The topological polar surface area (TPSA) is 74.5 Å². The van der Waals surface area contributed by atoms with Crippen molar-refractivity contribution in [1.29, 1.82) is 0 Å². The lowest BCUT2D eigenvalue weighted by atomic mass is 10.2. The third-order valence-electron chi connectivity index (χ3n) is 3.45. The molecule has 0 aliphatic rings. The summed E-state index contributed by atoms with van der Waals surface area (Å²) in [5.74, 6) is 1.86. The van der Waals surface area contributed by atoms with Crippen molar-refractivity contribution >= 4 is 16.9 Å². The molecule has 128 valence electrons. The average molecular weight is 356 g/mol. The molecule has 0 spiro atoms. The minimum Gasteiger partial charge on any atom is -0.497 e. The molecule has 1 aromatic heterocycles. The third-order valence-corrected chi connectivity index (χ3v) is 4.16. The maximum atomic E-state index is 12.2. The van der Waals surface area contributed by atoms with E-state index < -0.39 is 0 Å². The van der Waals surface area contributed by atoms with Gasteiger partial charge in [0.1, 0.15) is 11.5 Å². The Balaban J connectivity index is 1.62. The lowest BCUT2D eigenvalue weighted by Crippen LogP contribution is -1.97. The van der Waals surface area contributed by atoms with Gasteiger partial charge in [0.05, 0.1) is 14.2 Å². The highest BCUT2D eigenvalue weighted by Gasteiger charge is 2.14. The Bertz CT molecular complexity index is 844. The molecule has 0 amide bonds. The fourth-order valence-corrected chi connectivity index (χ4v) is 2.78. The van der Waals surface area contributed by atoms with Crippen molar-refractivity contribution in [2.75, 3.05) is 14.2 Å². The quantitative estimate of drug-likeness (QED) is 0.625. The monoisotopic (exact) mass is 356 g/mol. The summed E-state index contributed by atoms with van der Waals surface area (Å²) >= 11 is 0.936. The molecular formula is C18H16N2O4S. The molecule has 1 heterocycles. The van der Waals surface area contributed by atoms with Gasteiger partial charge in [-0.1, -0.05) is 12.1 Å². The first-order chi connectivity index (χ1) is 12.2. The van der Waals surface area contributed by atoms with E-state index in [9.17, 15) is 4.79 Å². The zero-order valence-electron chi connectivity index (χ0n) is 13.8. The summed E-state index contributed by atoms with van der Waals surface area (Å²) in [7, 11) is 3.21. The lowest BCUT2D eigenvalue weighted by Gasteiger charge is -2.01. The second-order valence-corrected chi connectivity index (χ2v) is 6.11. The van der Waals surface area contributed by atoms with Gasteiger partial charge in [0.2, 0.25) is 11.0 Å². The maximum Gasteiger partial charge on any atom is 0.284 e. The van der Waals surface area contributed by atoms with Gasteiger partial charge in [-0.3, -0.25) is 4.79 Å². The molecule has 0 fully saturated rings. The summed E-state index contributed by atoms with van der Waals surface area (Å²) in [5.41, 5.74) is 1.66. The largest absolute Gasteiger partial charge is 0.497 e. The highest BCUT2D eigenvalue weighted by atomic mass is 32.2. The van der Waals surface area contributed by atoms with E-state index in [1.807, 2.05) is 36.4 Å². The molecule has 7 heteroatoms. The van der Waals surface area contributed by atoms with Crippen LogP contribution in [0.25, 0.3) is 11.5 Å². The third kappa shape index (κ3) is 4.39. The van der Waals surface area contributed by atoms with Crippen molar-refractivity contribution in [3.05, 3.63) is 54.1 Å². The Kier molecular flexibility index (Phi) is 5.35. The molecule has 25 heavy (non-hydrogen) atoms. The summed E-state index contributed by atoms with van der Waals surface area (Å²) in [6.07, 6.45) is 0.273. The van der Waals surface area contributed by atoms with E-state index in [1.165, 1.54) is 0 Å². The van der Waals surface area contributed by atoms with Gasteiger partial charge >= 0.3 is 0 Å². The maximum absolute atomic E-state index is 12.2. The molecular weight excluding hydrogens is 340 g/mol. The molecule has 0 aliphatic carbocycles. The van der Waals surface area contributed by atoms with Crippen LogP contribution in [-0.2, 0) is 11.2 Å². The first-order valence-electron chi connectivity index (χ1n) is 7.49. The van der Waals surface area contributed by atoms with Gasteiger partial charge in [0.15, 0.2) is 0 Å². The number of carbonyl (C=O) groups is 1. The Hall–Kier alpha value is -2.80. The molecule has 3 aromatic rings. The molecule has 0 saturated carbocycles. The van der Waals surface area contributed by atoms with Crippen molar-refractivity contribution in [3.8, 4) is 23.0 Å². The number of thioether (sulfide) groups is 1. The van der Waals surface area contributed by atoms with Gasteiger partial charge < -0.3 is 13.9 Å². The number of aromatic nitrogens is 2. The summed E-state index contributed by atoms with van der Waals surface area (Å²) in [6, 6.07) is 14.6. The molecule has 2 aromatic carbocycles. The van der Waals surface area contributed by atoms with Gasteiger partial charge in [-0.15, -0.1) is 10.2 Å². The number of rotatable bonds is 6. The van der Waals surface area contributed by atoms with Crippen LogP contribution in [0.5, 0.6) is 11.5 Å². The molecule has 0 radical (unpaired) electrons. The van der Waals surface area contributed by atoms with Gasteiger partial charge in [-0.2, -0.15) is 0 Å². The minimum absolute atomic E-state index is 0.0740. The number of ether oxygens (including phenoxy) is 2. The van der Waals surface area contributed by atoms with E-state index in [0.717, 1.165) is 34.4 Å². The molecule has 0 aliphatic heterocycles. The Morgan fingerprint density at radius 2 is 1.56 bits per heavy atom. The molecule has 0 saturated heterocycles. The number of benzene rings is 2. The Morgan fingerprint density at radius 1 is 0.960 bits per heavy atom. The minimum atomic E-state index is -0.0740. The first-order valence-corrected chi connectivity index (χ1v) is 8.31. The standard InChI is InChI=1S/C18H16N2O4S/c1-22-14-7-3-12(4-8-14)11-16(21)25-18-20-19-17(24-18)13-5-9-15(23-2)10-6-13/h3-10H,11H2,1-2H3. The van der Waals surface area contributed by atoms with E-state index >= 15 is 0 Å². The van der Waals surface area contributed by atoms with Gasteiger partial charge in [-0.25, -0.2) is 0 Å². The predicted molar refractivity (Wildman–Crippen MR) is 93.8 cm³/mol. The summed E-state index contributed by atoms with van der Waals surface area (Å²) < 4.78 is 15.8. The van der Waals surface area contributed by atoms with Crippen molar-refractivity contribution < 1.29 is 18.7 Å². The van der Waals surface area contributed by atoms with Gasteiger partial charge in [0.25, 0.3) is 5.22 Å². The lowest BCUT2D eigenvalue weighted by molar-refractivity contribution is -0.110. The Labute approximate surface area is 149 Å². The van der Waals surface area contributed by atoms with Crippen LogP contribution in [0.4, 0.5) is 0 Å². The molecule has 0 N–H and O–H groups in total. The van der Waals surface area contributed by atoms with Crippen LogP contribution >= 0.6 is 11.8 Å². The average Bonchev–Trinajstić information content (AvgIpc) is 3.10. The van der Waals surface area contributed by atoms with Crippen molar-refractivity contribution in [1.82, 2.24) is 10.2 Å². The highest BCUT2D eigenvalue weighted by molar-refractivity contribution is 8.13. The Morgan fingerprint density at radius 3 is 2.16 bits per heavy atom. The smallest absolute Gasteiger partial charge is 0.284 e. The molecule has 3 rings (SSSR count). The second kappa shape index (κ2) is 7.85. The molecule has 0 unspecified atom stereocenters. The van der Waals surface area contributed by atoms with Crippen LogP contribution in [0.1, 0.15) is 5.56 Å². The van der Waals surface area contributed by atoms with Crippen LogP contribution in [0.2, 0.25) is 0 Å². The zero-order valence-corrected chi connectivity index (χ0v) is 14.6. The van der Waals surface area contributed by atoms with Crippen LogP contribution in [0.15, 0.2) is 58.2 Å². The normalized spacial score (nSPS) is 10.5. The summed E-state index contributed by atoms with van der Waals surface area (Å²) in [4.78, 5) is 12.2. The van der Waals surface area contributed by atoms with E-state index in [1.54, 1.807) is 26.4 Å². The predicted octanol–water partition coefficient (Wildman–Crippen LogP) is 3.62. The van der Waals surface area contributed by atoms with E-state index in [-0.39, 0.29) is 16.8 Å². The van der Waals surface area contributed by atoms with E-state index in [0.29, 0.717) is 5.89 Å². The highest BCUT2D eigenvalue weighted by Crippen LogP contribution is 2.26. The van der Waals surface area contributed by atoms with Gasteiger partial charge in [0, 0.05) is 23.7 Å². The zero-order chi connectivity index (χ0) is 17.6. The molecule has 6 nitrogen and oxygen atoms in total. The SMILES string of the molecule is COc1ccc(CC(=O)Sc2nnc(-c3ccc(OC)cc3)o2)cc1. The molecule has 0 bridgehead atoms. The van der Waals surface area contributed by atoms with Crippen molar-refractivity contribution in [2.45, 2.75) is 11.6 Å². The van der Waals surface area contributed by atoms with Crippen LogP contribution in [0.3, 0.4) is 0 Å². The number of hydrogen-bond donors (Lipinski definition) is 0.